The molecule has 2 aromatic rings. The van der Waals surface area contributed by atoms with Gasteiger partial charge in [0.25, 0.3) is 0 Å². The van der Waals surface area contributed by atoms with Crippen molar-refractivity contribution in [1.82, 2.24) is 20.2 Å². The molecular weight excluding hydrogens is 362 g/mol. The molecule has 0 radical (unpaired) electrons. The molecule has 4 rings (SSSR count). The molecule has 2 aliphatic heterocycles. The number of nitrogens with one attached hydrogen (secondary N) is 3. The smallest absolute Gasteiger partial charge is 0.157 e. The van der Waals surface area contributed by atoms with Crippen LogP contribution in [-0.4, -0.2) is 67.7 Å². The fourth-order valence-electron chi connectivity index (χ4n) is 3.90. The molecule has 0 saturated carbocycles. The van der Waals surface area contributed by atoms with Gasteiger partial charge >= 0.3 is 0 Å². The number of anilines is 3. The van der Waals surface area contributed by atoms with Crippen LogP contribution in [0.2, 0.25) is 5.02 Å². The van der Waals surface area contributed by atoms with Gasteiger partial charge in [0.05, 0.1) is 0 Å². The van der Waals surface area contributed by atoms with Crippen LogP contribution in [0.1, 0.15) is 11.6 Å². The van der Waals surface area contributed by atoms with E-state index in [0.717, 1.165) is 68.2 Å². The zero-order valence-corrected chi connectivity index (χ0v) is 16.3. The monoisotopic (exact) mass is 387 g/mol. The number of hydrogen-bond acceptors (Lipinski definition) is 7. The summed E-state index contributed by atoms with van der Waals surface area (Å²) in [5, 5.41) is 10.9. The molecular formula is C19H26ClN7. The fourth-order valence-corrected chi connectivity index (χ4v) is 4.16. The Morgan fingerprint density at radius 2 is 1.89 bits per heavy atom. The quantitative estimate of drug-likeness (QED) is 0.725. The van der Waals surface area contributed by atoms with E-state index < -0.39 is 0 Å². The van der Waals surface area contributed by atoms with Crippen LogP contribution in [0.4, 0.5) is 17.3 Å². The largest absolute Gasteiger partial charge is 0.377 e. The molecule has 144 valence electrons. The van der Waals surface area contributed by atoms with Crippen molar-refractivity contribution >= 4 is 28.9 Å². The summed E-state index contributed by atoms with van der Waals surface area (Å²) in [6.07, 6.45) is 1.65. The highest BCUT2D eigenvalue weighted by Gasteiger charge is 2.28. The van der Waals surface area contributed by atoms with Gasteiger partial charge < -0.3 is 20.9 Å². The molecule has 1 aromatic carbocycles. The standard InChI is InChI=1S/C19H26ClN7/c1-21-12-16(14-4-2-3-5-15(14)20)26-8-10-27(11-9-26)19-17-18(24-13-25-19)23-7-6-22-17/h2-5,13,16,21-22H,6-12H2,1H3,(H,23,24,25). The summed E-state index contributed by atoms with van der Waals surface area (Å²) in [6, 6.07) is 8.42. The summed E-state index contributed by atoms with van der Waals surface area (Å²) < 4.78 is 0. The fraction of sp³-hybridized carbons (Fsp3) is 0.474. The minimum Gasteiger partial charge on any atom is -0.377 e. The van der Waals surface area contributed by atoms with Crippen LogP contribution in [-0.2, 0) is 0 Å². The van der Waals surface area contributed by atoms with E-state index in [9.17, 15) is 0 Å². The van der Waals surface area contributed by atoms with Crippen molar-refractivity contribution in [3.05, 3.63) is 41.2 Å². The van der Waals surface area contributed by atoms with Gasteiger partial charge in [0.1, 0.15) is 12.0 Å². The molecule has 0 bridgehead atoms. The molecule has 0 aliphatic carbocycles. The van der Waals surface area contributed by atoms with Gasteiger partial charge in [0, 0.05) is 56.9 Å². The molecule has 1 saturated heterocycles. The van der Waals surface area contributed by atoms with Crippen LogP contribution in [0.3, 0.4) is 0 Å². The number of piperazine rings is 1. The zero-order valence-electron chi connectivity index (χ0n) is 15.6. The molecule has 3 N–H and O–H groups in total. The van der Waals surface area contributed by atoms with E-state index in [1.54, 1.807) is 6.33 Å². The predicted molar refractivity (Wildman–Crippen MR) is 111 cm³/mol. The summed E-state index contributed by atoms with van der Waals surface area (Å²) in [6.45, 7) is 6.43. The number of rotatable bonds is 5. The maximum absolute atomic E-state index is 6.48. The zero-order chi connectivity index (χ0) is 18.6. The first-order chi connectivity index (χ1) is 13.3. The summed E-state index contributed by atoms with van der Waals surface area (Å²) in [4.78, 5) is 13.8. The normalized spacial score (nSPS) is 18.4. The first kappa shape index (κ1) is 18.3. The van der Waals surface area contributed by atoms with Crippen molar-refractivity contribution in [3.8, 4) is 0 Å². The van der Waals surface area contributed by atoms with Gasteiger partial charge in [-0.2, -0.15) is 0 Å². The van der Waals surface area contributed by atoms with Crippen LogP contribution in [0.15, 0.2) is 30.6 Å². The highest BCUT2D eigenvalue weighted by molar-refractivity contribution is 6.31. The summed E-state index contributed by atoms with van der Waals surface area (Å²) >= 11 is 6.48. The number of fused-ring (bicyclic) bond motifs is 1. The van der Waals surface area contributed by atoms with E-state index in [2.05, 4.69) is 47.9 Å². The average Bonchev–Trinajstić information content (AvgIpc) is 2.72. The Morgan fingerprint density at radius 3 is 2.67 bits per heavy atom. The second-order valence-electron chi connectivity index (χ2n) is 6.89. The van der Waals surface area contributed by atoms with Crippen molar-refractivity contribution in [2.75, 3.05) is 68.4 Å². The Hall–Kier alpha value is -2.09. The molecule has 0 spiro atoms. The van der Waals surface area contributed by atoms with Crippen LogP contribution in [0.25, 0.3) is 0 Å². The first-order valence-corrected chi connectivity index (χ1v) is 9.86. The van der Waals surface area contributed by atoms with Crippen LogP contribution in [0, 0.1) is 0 Å². The van der Waals surface area contributed by atoms with Crippen LogP contribution >= 0.6 is 11.6 Å². The van der Waals surface area contributed by atoms with Crippen LogP contribution in [0.5, 0.6) is 0 Å². The number of likely N-dealkylation sites (N-methyl/N-ethyl adjacent to an activating group) is 1. The third-order valence-corrected chi connectivity index (χ3v) is 5.61. The number of benzene rings is 1. The molecule has 1 atom stereocenters. The minimum absolute atomic E-state index is 0.268. The van der Waals surface area contributed by atoms with Crippen molar-refractivity contribution in [3.63, 3.8) is 0 Å². The van der Waals surface area contributed by atoms with Gasteiger partial charge in [-0.1, -0.05) is 29.8 Å². The number of nitrogens with zero attached hydrogens (tertiary/aromatic N) is 4. The molecule has 1 unspecified atom stereocenters. The lowest BCUT2D eigenvalue weighted by Crippen LogP contribution is -2.49. The Labute approximate surface area is 165 Å². The van der Waals surface area contributed by atoms with Gasteiger partial charge in [-0.15, -0.1) is 0 Å². The van der Waals surface area contributed by atoms with Gasteiger partial charge in [-0.05, 0) is 18.7 Å². The maximum atomic E-state index is 6.48. The van der Waals surface area contributed by atoms with Crippen molar-refractivity contribution in [2.24, 2.45) is 0 Å². The Morgan fingerprint density at radius 1 is 1.11 bits per heavy atom. The van der Waals surface area contributed by atoms with E-state index in [4.69, 9.17) is 11.6 Å². The van der Waals surface area contributed by atoms with E-state index in [-0.39, 0.29) is 6.04 Å². The van der Waals surface area contributed by atoms with E-state index in [1.807, 2.05) is 19.2 Å². The highest BCUT2D eigenvalue weighted by atomic mass is 35.5. The lowest BCUT2D eigenvalue weighted by Gasteiger charge is -2.40. The van der Waals surface area contributed by atoms with E-state index in [0.29, 0.717) is 0 Å². The molecule has 0 amide bonds. The number of halogens is 1. The molecule has 1 fully saturated rings. The Balaban J connectivity index is 1.49. The van der Waals surface area contributed by atoms with Crippen LogP contribution < -0.4 is 20.9 Å². The third-order valence-electron chi connectivity index (χ3n) is 5.26. The molecule has 27 heavy (non-hydrogen) atoms. The number of hydrogen-bond donors (Lipinski definition) is 3. The second-order valence-corrected chi connectivity index (χ2v) is 7.30. The van der Waals surface area contributed by atoms with Crippen molar-refractivity contribution in [1.29, 1.82) is 0 Å². The van der Waals surface area contributed by atoms with Gasteiger partial charge in [0.2, 0.25) is 0 Å². The van der Waals surface area contributed by atoms with E-state index in [1.165, 1.54) is 5.56 Å². The minimum atomic E-state index is 0.268. The van der Waals surface area contributed by atoms with E-state index >= 15 is 0 Å². The lowest BCUT2D eigenvalue weighted by molar-refractivity contribution is 0.183. The summed E-state index contributed by atoms with van der Waals surface area (Å²) in [5.74, 6) is 1.90. The van der Waals surface area contributed by atoms with Gasteiger partial charge in [-0.25, -0.2) is 9.97 Å². The number of aromatic nitrogens is 2. The molecule has 2 aliphatic rings. The summed E-state index contributed by atoms with van der Waals surface area (Å²) in [5.41, 5.74) is 2.21. The molecule has 3 heterocycles. The van der Waals surface area contributed by atoms with Crippen molar-refractivity contribution in [2.45, 2.75) is 6.04 Å². The van der Waals surface area contributed by atoms with Gasteiger partial charge in [0.15, 0.2) is 11.6 Å². The van der Waals surface area contributed by atoms with Crippen molar-refractivity contribution < 1.29 is 0 Å². The second kappa shape index (κ2) is 8.29. The SMILES string of the molecule is CNCC(c1ccccc1Cl)N1CCN(c2ncnc3c2NCCN3)CC1. The molecule has 7 nitrogen and oxygen atoms in total. The maximum Gasteiger partial charge on any atom is 0.157 e. The Kier molecular flexibility index (Phi) is 5.61. The first-order valence-electron chi connectivity index (χ1n) is 9.48. The Bertz CT molecular complexity index is 776. The lowest BCUT2D eigenvalue weighted by atomic mass is 10.0. The molecule has 1 aromatic heterocycles. The summed E-state index contributed by atoms with van der Waals surface area (Å²) in [7, 11) is 1.99. The van der Waals surface area contributed by atoms with Gasteiger partial charge in [-0.3, -0.25) is 4.90 Å². The third kappa shape index (κ3) is 3.81. The molecule has 8 heteroatoms. The average molecular weight is 388 g/mol. The topological polar surface area (TPSA) is 68.3 Å². The predicted octanol–water partition coefficient (Wildman–Crippen LogP) is 2.05. The highest BCUT2D eigenvalue weighted by Crippen LogP contribution is 2.33.